The Morgan fingerprint density at radius 2 is 1.97 bits per heavy atom. The minimum Gasteiger partial charge on any atom is -0.478 e. The lowest BCUT2D eigenvalue weighted by Crippen LogP contribution is -2.22. The molecule has 5 nitrogen and oxygen atoms in total. The van der Waals surface area contributed by atoms with Gasteiger partial charge in [-0.2, -0.15) is 0 Å². The van der Waals surface area contributed by atoms with Gasteiger partial charge < -0.3 is 9.84 Å². The molecule has 0 fully saturated rings. The van der Waals surface area contributed by atoms with Crippen LogP contribution in [0.25, 0.3) is 10.4 Å². The van der Waals surface area contributed by atoms with Crippen LogP contribution < -0.4 is 16.0 Å². The summed E-state index contributed by atoms with van der Waals surface area (Å²) in [5.41, 5.74) is 6.06. The van der Waals surface area contributed by atoms with Gasteiger partial charge in [0.25, 0.3) is 0 Å². The predicted molar refractivity (Wildman–Crippen MR) is 120 cm³/mol. The second-order valence-corrected chi connectivity index (χ2v) is 9.57. The molecule has 0 amide bonds. The van der Waals surface area contributed by atoms with E-state index >= 15 is 0 Å². The van der Waals surface area contributed by atoms with E-state index in [-0.39, 0.29) is 5.41 Å². The lowest BCUT2D eigenvalue weighted by Gasteiger charge is -2.29. The zero-order valence-electron chi connectivity index (χ0n) is 17.2. The van der Waals surface area contributed by atoms with Crippen LogP contribution >= 0.6 is 11.3 Å². The summed E-state index contributed by atoms with van der Waals surface area (Å²) < 4.78 is 5.96. The molecule has 0 unspecified atom stereocenters. The molecule has 4 N–H and O–H groups in total. The van der Waals surface area contributed by atoms with Gasteiger partial charge in [0.05, 0.1) is 5.56 Å². The van der Waals surface area contributed by atoms with Crippen molar-refractivity contribution in [1.82, 2.24) is 5.43 Å². The molecular weight excluding hydrogens is 396 g/mol. The Bertz CT molecular complexity index is 1070. The van der Waals surface area contributed by atoms with E-state index in [9.17, 15) is 9.90 Å². The van der Waals surface area contributed by atoms with Crippen molar-refractivity contribution < 1.29 is 14.6 Å². The molecule has 0 saturated heterocycles. The van der Waals surface area contributed by atoms with E-state index in [4.69, 9.17) is 10.6 Å². The van der Waals surface area contributed by atoms with Crippen LogP contribution in [-0.4, -0.2) is 11.1 Å². The van der Waals surface area contributed by atoms with E-state index in [0.29, 0.717) is 17.9 Å². The first kappa shape index (κ1) is 20.6. The number of nitrogens with one attached hydrogen (secondary N) is 1. The van der Waals surface area contributed by atoms with Crippen molar-refractivity contribution >= 4 is 17.3 Å². The van der Waals surface area contributed by atoms with Gasteiger partial charge in [-0.25, -0.2) is 4.79 Å². The Morgan fingerprint density at radius 1 is 1.20 bits per heavy atom. The number of thiophene rings is 1. The fraction of sp³-hybridized carbons (Fsp3) is 0.292. The van der Waals surface area contributed by atoms with Gasteiger partial charge in [-0.15, -0.1) is 11.3 Å². The maximum atomic E-state index is 12.3. The number of aromatic carboxylic acids is 1. The summed E-state index contributed by atoms with van der Waals surface area (Å²) in [6, 6.07) is 15.3. The number of carbonyl (C=O) groups is 1. The smallest absolute Gasteiger partial charge is 0.337 e. The molecule has 4 rings (SSSR count). The first-order chi connectivity index (χ1) is 14.4. The highest BCUT2D eigenvalue weighted by molar-refractivity contribution is 7.16. The number of fused-ring (bicyclic) bond motifs is 1. The highest BCUT2D eigenvalue weighted by Crippen LogP contribution is 2.46. The molecule has 6 heteroatoms. The van der Waals surface area contributed by atoms with Gasteiger partial charge in [0.15, 0.2) is 0 Å². The van der Waals surface area contributed by atoms with Gasteiger partial charge in [-0.3, -0.25) is 11.3 Å². The molecule has 0 aliphatic heterocycles. The SMILES string of the molecule is CC1(C)CCc2sc(-c3ccc(Oc4ccccc4)cc3CNN)c(C(=O)O)c2C1. The molecule has 1 heterocycles. The maximum Gasteiger partial charge on any atom is 0.337 e. The van der Waals surface area contributed by atoms with E-state index < -0.39 is 5.97 Å². The predicted octanol–water partition coefficient (Wildman–Crippen LogP) is 5.38. The number of nitrogens with two attached hydrogens (primary N) is 1. The van der Waals surface area contributed by atoms with Crippen LogP contribution in [-0.2, 0) is 19.4 Å². The highest BCUT2D eigenvalue weighted by atomic mass is 32.1. The number of ether oxygens (including phenoxy) is 1. The Kier molecular flexibility index (Phi) is 5.64. The largest absolute Gasteiger partial charge is 0.478 e. The van der Waals surface area contributed by atoms with Gasteiger partial charge in [0, 0.05) is 16.3 Å². The third kappa shape index (κ3) is 4.12. The van der Waals surface area contributed by atoms with Crippen LogP contribution in [0.15, 0.2) is 48.5 Å². The van der Waals surface area contributed by atoms with E-state index in [0.717, 1.165) is 46.6 Å². The molecule has 3 aromatic rings. The number of benzene rings is 2. The Hall–Kier alpha value is -2.67. The van der Waals surface area contributed by atoms with Gasteiger partial charge in [-0.05, 0) is 71.7 Å². The van der Waals surface area contributed by atoms with Crippen molar-refractivity contribution in [3.05, 3.63) is 70.1 Å². The van der Waals surface area contributed by atoms with Crippen molar-refractivity contribution in [2.45, 2.75) is 39.7 Å². The summed E-state index contributed by atoms with van der Waals surface area (Å²) in [5.74, 6) is 6.21. The molecule has 156 valence electrons. The highest BCUT2D eigenvalue weighted by Gasteiger charge is 2.33. The molecule has 0 spiro atoms. The number of hydrogen-bond acceptors (Lipinski definition) is 5. The Labute approximate surface area is 180 Å². The van der Waals surface area contributed by atoms with Crippen LogP contribution in [0.2, 0.25) is 0 Å². The second-order valence-electron chi connectivity index (χ2n) is 8.47. The lowest BCUT2D eigenvalue weighted by molar-refractivity contribution is 0.0696. The number of carboxylic acid groups (broad SMARTS) is 1. The molecule has 0 atom stereocenters. The van der Waals surface area contributed by atoms with Crippen molar-refractivity contribution in [1.29, 1.82) is 0 Å². The maximum absolute atomic E-state index is 12.3. The number of hydrazine groups is 1. The number of rotatable bonds is 6. The van der Waals surface area contributed by atoms with E-state index in [1.165, 1.54) is 4.88 Å². The van der Waals surface area contributed by atoms with E-state index in [1.54, 1.807) is 11.3 Å². The third-order valence-corrected chi connectivity index (χ3v) is 6.91. The van der Waals surface area contributed by atoms with Gasteiger partial charge >= 0.3 is 5.97 Å². The average Bonchev–Trinajstić information content (AvgIpc) is 3.06. The van der Waals surface area contributed by atoms with Crippen LogP contribution in [0.4, 0.5) is 0 Å². The summed E-state index contributed by atoms with van der Waals surface area (Å²) in [7, 11) is 0. The monoisotopic (exact) mass is 422 g/mol. The van der Waals surface area contributed by atoms with Crippen LogP contribution in [0, 0.1) is 5.41 Å². The quantitative estimate of drug-likeness (QED) is 0.367. The number of carboxylic acids is 1. The van der Waals surface area contributed by atoms with Crippen molar-refractivity contribution in [3.63, 3.8) is 0 Å². The summed E-state index contributed by atoms with van der Waals surface area (Å²) in [6.45, 7) is 4.82. The molecular formula is C24H26N2O3S. The fourth-order valence-electron chi connectivity index (χ4n) is 4.07. The molecule has 2 aromatic carbocycles. The first-order valence-corrected chi connectivity index (χ1v) is 10.9. The zero-order chi connectivity index (χ0) is 21.3. The van der Waals surface area contributed by atoms with Gasteiger partial charge in [-0.1, -0.05) is 32.0 Å². The van der Waals surface area contributed by atoms with E-state index in [1.807, 2.05) is 48.5 Å². The van der Waals surface area contributed by atoms with Crippen molar-refractivity contribution in [2.24, 2.45) is 11.3 Å². The summed E-state index contributed by atoms with van der Waals surface area (Å²) in [5, 5.41) is 10.1. The summed E-state index contributed by atoms with van der Waals surface area (Å²) >= 11 is 1.60. The zero-order valence-corrected chi connectivity index (χ0v) is 18.0. The molecule has 0 saturated carbocycles. The molecule has 0 radical (unpaired) electrons. The first-order valence-electron chi connectivity index (χ1n) is 10.1. The minimum absolute atomic E-state index is 0.116. The van der Waals surface area contributed by atoms with Gasteiger partial charge in [0.2, 0.25) is 0 Å². The Morgan fingerprint density at radius 3 is 2.67 bits per heavy atom. The second kappa shape index (κ2) is 8.22. The normalized spacial score (nSPS) is 14.9. The number of aryl methyl sites for hydroxylation is 1. The van der Waals surface area contributed by atoms with Crippen LogP contribution in [0.5, 0.6) is 11.5 Å². The number of para-hydroxylation sites is 1. The van der Waals surface area contributed by atoms with Crippen LogP contribution in [0.1, 0.15) is 46.6 Å². The molecule has 1 aromatic heterocycles. The Balaban J connectivity index is 1.78. The van der Waals surface area contributed by atoms with Gasteiger partial charge in [0.1, 0.15) is 11.5 Å². The fourth-order valence-corrected chi connectivity index (χ4v) is 5.44. The number of hydrogen-bond donors (Lipinski definition) is 3. The topological polar surface area (TPSA) is 84.6 Å². The van der Waals surface area contributed by atoms with Crippen molar-refractivity contribution in [2.75, 3.05) is 0 Å². The van der Waals surface area contributed by atoms with Crippen molar-refractivity contribution in [3.8, 4) is 21.9 Å². The molecule has 30 heavy (non-hydrogen) atoms. The lowest BCUT2D eigenvalue weighted by atomic mass is 9.76. The summed E-state index contributed by atoms with van der Waals surface area (Å²) in [4.78, 5) is 14.3. The van der Waals surface area contributed by atoms with E-state index in [2.05, 4.69) is 19.3 Å². The molecule has 0 bridgehead atoms. The van der Waals surface area contributed by atoms with Crippen LogP contribution in [0.3, 0.4) is 0 Å². The molecule has 1 aliphatic carbocycles. The summed E-state index contributed by atoms with van der Waals surface area (Å²) in [6.07, 6.45) is 2.78. The third-order valence-electron chi connectivity index (χ3n) is 5.58. The minimum atomic E-state index is -0.864. The average molecular weight is 423 g/mol. The standard InChI is InChI=1S/C24H26N2O3S/c1-24(2)11-10-20-19(13-24)21(23(27)28)22(30-20)18-9-8-17(12-15(18)14-26-25)29-16-6-4-3-5-7-16/h3-9,12,26H,10-11,13-14,25H2,1-2H3,(H,27,28). The molecule has 1 aliphatic rings.